The normalized spacial score (nSPS) is 18.2. The van der Waals surface area contributed by atoms with Gasteiger partial charge in [-0.1, -0.05) is 49.6 Å². The SMILES string of the molecule is Cc1ccc2cc(C(c3nnnn3C3CCCCC3)N3CC=C(c4ccc(F)cc4)CC3)c(=O)[nH]c2c1. The Hall–Kier alpha value is -3.65. The Balaban J connectivity index is 1.42. The van der Waals surface area contributed by atoms with E-state index in [1.165, 1.54) is 24.1 Å². The molecule has 1 unspecified atom stereocenters. The van der Waals surface area contributed by atoms with E-state index >= 15 is 0 Å². The van der Waals surface area contributed by atoms with E-state index in [1.807, 2.05) is 41.9 Å². The summed E-state index contributed by atoms with van der Waals surface area (Å²) >= 11 is 0. The lowest BCUT2D eigenvalue weighted by Gasteiger charge is -2.34. The number of nitrogens with one attached hydrogen (secondary N) is 1. The third kappa shape index (κ3) is 4.73. The summed E-state index contributed by atoms with van der Waals surface area (Å²) in [6, 6.07) is 14.6. The molecule has 0 radical (unpaired) electrons. The summed E-state index contributed by atoms with van der Waals surface area (Å²) in [6.45, 7) is 3.39. The number of pyridine rings is 1. The van der Waals surface area contributed by atoms with Crippen molar-refractivity contribution in [3.8, 4) is 0 Å². The van der Waals surface area contributed by atoms with Crippen LogP contribution in [0.4, 0.5) is 4.39 Å². The maximum absolute atomic E-state index is 13.5. The molecule has 8 heteroatoms. The average Bonchev–Trinajstić information content (AvgIpc) is 3.40. The molecule has 3 heterocycles. The number of rotatable bonds is 5. The Kier molecular flexibility index (Phi) is 6.42. The van der Waals surface area contributed by atoms with Crippen LogP contribution in [0.5, 0.6) is 0 Å². The number of hydrogen-bond donors (Lipinski definition) is 1. The van der Waals surface area contributed by atoms with Crippen LogP contribution in [0.3, 0.4) is 0 Å². The molecule has 1 aliphatic carbocycles. The first-order chi connectivity index (χ1) is 18.1. The monoisotopic (exact) mass is 498 g/mol. The molecule has 0 saturated heterocycles. The summed E-state index contributed by atoms with van der Waals surface area (Å²) in [5, 5.41) is 14.0. The summed E-state index contributed by atoms with van der Waals surface area (Å²) in [7, 11) is 0. The highest BCUT2D eigenvalue weighted by atomic mass is 19.1. The summed E-state index contributed by atoms with van der Waals surface area (Å²) in [5.41, 5.74) is 4.68. The maximum atomic E-state index is 13.5. The van der Waals surface area contributed by atoms with E-state index in [0.29, 0.717) is 12.1 Å². The topological polar surface area (TPSA) is 79.7 Å². The van der Waals surface area contributed by atoms with E-state index < -0.39 is 0 Å². The number of nitrogens with zero attached hydrogens (tertiary/aromatic N) is 5. The fourth-order valence-corrected chi connectivity index (χ4v) is 5.85. The fourth-order valence-electron chi connectivity index (χ4n) is 5.85. The number of H-pyrrole nitrogens is 1. The number of tetrazole rings is 1. The standard InChI is InChI=1S/C29H31FN6O/c1-19-7-8-22-18-25(29(37)31-26(22)17-19)27(28-32-33-34-36(28)24-5-3-2-4-6-24)35-15-13-21(14-16-35)20-9-11-23(30)12-10-20/h7-13,17-18,24,27H,2-6,14-16H2,1H3,(H,31,37). The van der Waals surface area contributed by atoms with Crippen molar-refractivity contribution in [2.24, 2.45) is 0 Å². The van der Waals surface area contributed by atoms with Crippen LogP contribution in [-0.4, -0.2) is 43.2 Å². The van der Waals surface area contributed by atoms with Gasteiger partial charge in [0.25, 0.3) is 5.56 Å². The van der Waals surface area contributed by atoms with E-state index in [4.69, 9.17) is 0 Å². The molecule has 37 heavy (non-hydrogen) atoms. The van der Waals surface area contributed by atoms with Gasteiger partial charge in [0.05, 0.1) is 6.04 Å². The Morgan fingerprint density at radius 3 is 2.62 bits per heavy atom. The van der Waals surface area contributed by atoms with Gasteiger partial charge in [-0.15, -0.1) is 5.10 Å². The van der Waals surface area contributed by atoms with Crippen LogP contribution in [0.15, 0.2) is 59.4 Å². The van der Waals surface area contributed by atoms with Crippen molar-refractivity contribution < 1.29 is 4.39 Å². The lowest BCUT2D eigenvalue weighted by molar-refractivity contribution is 0.221. The van der Waals surface area contributed by atoms with E-state index in [9.17, 15) is 9.18 Å². The third-order valence-electron chi connectivity index (χ3n) is 7.83. The highest BCUT2D eigenvalue weighted by Gasteiger charge is 2.33. The van der Waals surface area contributed by atoms with Crippen molar-refractivity contribution in [2.45, 2.75) is 57.5 Å². The second-order valence-corrected chi connectivity index (χ2v) is 10.3. The van der Waals surface area contributed by atoms with Crippen molar-refractivity contribution in [2.75, 3.05) is 13.1 Å². The number of halogens is 1. The van der Waals surface area contributed by atoms with Crippen LogP contribution in [-0.2, 0) is 0 Å². The van der Waals surface area contributed by atoms with Gasteiger partial charge in [-0.05, 0) is 83.0 Å². The van der Waals surface area contributed by atoms with Gasteiger partial charge in [0.1, 0.15) is 11.9 Å². The Morgan fingerprint density at radius 2 is 1.86 bits per heavy atom. The molecule has 1 aliphatic heterocycles. The number of aryl methyl sites for hydroxylation is 1. The van der Waals surface area contributed by atoms with Gasteiger partial charge < -0.3 is 4.98 Å². The van der Waals surface area contributed by atoms with Crippen LogP contribution < -0.4 is 5.56 Å². The van der Waals surface area contributed by atoms with E-state index in [1.54, 1.807) is 0 Å². The van der Waals surface area contributed by atoms with Gasteiger partial charge in [0.15, 0.2) is 5.82 Å². The molecule has 1 N–H and O–H groups in total. The molecule has 0 bridgehead atoms. The lowest BCUT2D eigenvalue weighted by atomic mass is 9.94. The van der Waals surface area contributed by atoms with E-state index in [0.717, 1.165) is 66.5 Å². The first-order valence-corrected chi connectivity index (χ1v) is 13.2. The highest BCUT2D eigenvalue weighted by Crippen LogP contribution is 2.35. The van der Waals surface area contributed by atoms with Crippen molar-refractivity contribution in [3.05, 3.63) is 93.3 Å². The second kappa shape index (κ2) is 10.0. The molecule has 1 fully saturated rings. The Bertz CT molecular complexity index is 1500. The van der Waals surface area contributed by atoms with Crippen LogP contribution >= 0.6 is 0 Å². The quantitative estimate of drug-likeness (QED) is 0.402. The first-order valence-electron chi connectivity index (χ1n) is 13.2. The number of fused-ring (bicyclic) bond motifs is 1. The summed E-state index contributed by atoms with van der Waals surface area (Å²) in [5.74, 6) is 0.490. The van der Waals surface area contributed by atoms with Gasteiger partial charge in [0, 0.05) is 24.2 Å². The lowest BCUT2D eigenvalue weighted by Crippen LogP contribution is -2.38. The minimum Gasteiger partial charge on any atom is -0.322 e. The van der Waals surface area contributed by atoms with Crippen LogP contribution in [0.1, 0.15) is 73.1 Å². The molecule has 2 aromatic carbocycles. The van der Waals surface area contributed by atoms with Crippen molar-refractivity contribution in [3.63, 3.8) is 0 Å². The minimum atomic E-state index is -0.377. The summed E-state index contributed by atoms with van der Waals surface area (Å²) in [4.78, 5) is 18.9. The molecule has 0 spiro atoms. The molecule has 6 rings (SSSR count). The van der Waals surface area contributed by atoms with Gasteiger partial charge >= 0.3 is 0 Å². The average molecular weight is 499 g/mol. The van der Waals surface area contributed by atoms with Crippen LogP contribution in [0.25, 0.3) is 16.5 Å². The van der Waals surface area contributed by atoms with Crippen molar-refractivity contribution in [1.82, 2.24) is 30.1 Å². The zero-order valence-corrected chi connectivity index (χ0v) is 21.0. The zero-order valence-electron chi connectivity index (χ0n) is 21.0. The molecule has 2 aliphatic rings. The van der Waals surface area contributed by atoms with Crippen molar-refractivity contribution >= 4 is 16.5 Å². The summed E-state index contributed by atoms with van der Waals surface area (Å²) in [6.07, 6.45) is 8.63. The molecule has 1 atom stereocenters. The van der Waals surface area contributed by atoms with Gasteiger partial charge in [0.2, 0.25) is 0 Å². The Morgan fingerprint density at radius 1 is 1.05 bits per heavy atom. The molecule has 190 valence electrons. The van der Waals surface area contributed by atoms with Gasteiger partial charge in [-0.2, -0.15) is 0 Å². The molecular formula is C29H31FN6O. The second-order valence-electron chi connectivity index (χ2n) is 10.3. The molecule has 1 saturated carbocycles. The molecule has 4 aromatic rings. The zero-order chi connectivity index (χ0) is 25.4. The third-order valence-corrected chi connectivity index (χ3v) is 7.83. The molecule has 7 nitrogen and oxygen atoms in total. The Labute approximate surface area is 215 Å². The largest absolute Gasteiger partial charge is 0.322 e. The maximum Gasteiger partial charge on any atom is 0.253 e. The van der Waals surface area contributed by atoms with Gasteiger partial charge in [-0.3, -0.25) is 9.69 Å². The fraction of sp³-hybridized carbons (Fsp3) is 0.379. The number of aromatic amines is 1. The molecule has 0 amide bonds. The first kappa shape index (κ1) is 23.7. The number of hydrogen-bond acceptors (Lipinski definition) is 5. The van der Waals surface area contributed by atoms with Crippen LogP contribution in [0.2, 0.25) is 0 Å². The predicted molar refractivity (Wildman–Crippen MR) is 142 cm³/mol. The predicted octanol–water partition coefficient (Wildman–Crippen LogP) is 5.35. The molecule has 2 aromatic heterocycles. The molecular weight excluding hydrogens is 467 g/mol. The minimum absolute atomic E-state index is 0.116. The van der Waals surface area contributed by atoms with Crippen LogP contribution in [0, 0.1) is 12.7 Å². The van der Waals surface area contributed by atoms with Crippen molar-refractivity contribution in [1.29, 1.82) is 0 Å². The number of aromatic nitrogens is 5. The number of benzene rings is 2. The van der Waals surface area contributed by atoms with E-state index in [-0.39, 0.29) is 23.5 Å². The summed E-state index contributed by atoms with van der Waals surface area (Å²) < 4.78 is 15.4. The highest BCUT2D eigenvalue weighted by molar-refractivity contribution is 5.79. The van der Waals surface area contributed by atoms with E-state index in [2.05, 4.69) is 37.6 Å². The smallest absolute Gasteiger partial charge is 0.253 e. The van der Waals surface area contributed by atoms with Gasteiger partial charge in [-0.25, -0.2) is 9.07 Å².